The van der Waals surface area contributed by atoms with Crippen molar-refractivity contribution >= 4 is 17.5 Å². The molecule has 2 bridgehead atoms. The standard InChI is InChI=1S/C16H20ClNO/c17-15-4-2-1-3-13(15)10-18-16(19)9-14-8-11-5-6-12(14)7-11/h1-4,11-12,14H,5-10H2,(H,18,19)/t11-,12-,14-/m1/s1. The Balaban J connectivity index is 1.48. The Morgan fingerprint density at radius 3 is 2.79 bits per heavy atom. The second-order valence-electron chi connectivity index (χ2n) is 6.01. The molecule has 19 heavy (non-hydrogen) atoms. The Morgan fingerprint density at radius 2 is 2.11 bits per heavy atom. The number of fused-ring (bicyclic) bond motifs is 2. The van der Waals surface area contributed by atoms with Gasteiger partial charge in [-0.05, 0) is 48.6 Å². The van der Waals surface area contributed by atoms with Crippen LogP contribution >= 0.6 is 11.6 Å². The van der Waals surface area contributed by atoms with E-state index in [-0.39, 0.29) is 5.91 Å². The van der Waals surface area contributed by atoms with E-state index < -0.39 is 0 Å². The third kappa shape index (κ3) is 2.94. The highest BCUT2D eigenvalue weighted by molar-refractivity contribution is 6.31. The summed E-state index contributed by atoms with van der Waals surface area (Å²) in [6.07, 6.45) is 6.06. The number of carbonyl (C=O) groups excluding carboxylic acids is 1. The molecule has 0 radical (unpaired) electrons. The summed E-state index contributed by atoms with van der Waals surface area (Å²) in [4.78, 5) is 12.0. The van der Waals surface area contributed by atoms with Crippen LogP contribution in [-0.2, 0) is 11.3 Å². The second-order valence-corrected chi connectivity index (χ2v) is 6.41. The van der Waals surface area contributed by atoms with Crippen LogP contribution in [0.1, 0.15) is 37.7 Å². The number of hydrogen-bond acceptors (Lipinski definition) is 1. The predicted molar refractivity (Wildman–Crippen MR) is 76.9 cm³/mol. The van der Waals surface area contributed by atoms with Gasteiger partial charge in [0.2, 0.25) is 5.91 Å². The number of nitrogens with one attached hydrogen (secondary N) is 1. The molecule has 1 aromatic carbocycles. The lowest BCUT2D eigenvalue weighted by atomic mass is 9.86. The fourth-order valence-corrected chi connectivity index (χ4v) is 3.97. The van der Waals surface area contributed by atoms with E-state index in [0.717, 1.165) is 22.4 Å². The maximum Gasteiger partial charge on any atom is 0.220 e. The van der Waals surface area contributed by atoms with Gasteiger partial charge in [-0.15, -0.1) is 0 Å². The van der Waals surface area contributed by atoms with Crippen LogP contribution in [-0.4, -0.2) is 5.91 Å². The molecule has 0 saturated heterocycles. The summed E-state index contributed by atoms with van der Waals surface area (Å²) >= 11 is 6.08. The van der Waals surface area contributed by atoms with Crippen molar-refractivity contribution < 1.29 is 4.79 Å². The Hall–Kier alpha value is -1.02. The van der Waals surface area contributed by atoms with Gasteiger partial charge in [-0.1, -0.05) is 36.2 Å². The summed E-state index contributed by atoms with van der Waals surface area (Å²) in [7, 11) is 0. The molecule has 0 aliphatic heterocycles. The Bertz CT molecular complexity index is 474. The number of carbonyl (C=O) groups is 1. The molecule has 2 saturated carbocycles. The second kappa shape index (κ2) is 5.54. The van der Waals surface area contributed by atoms with Crippen molar-refractivity contribution in [3.63, 3.8) is 0 Å². The van der Waals surface area contributed by atoms with Crippen LogP contribution in [0.25, 0.3) is 0 Å². The van der Waals surface area contributed by atoms with E-state index in [1.165, 1.54) is 25.7 Å². The summed E-state index contributed by atoms with van der Waals surface area (Å²) in [6.45, 7) is 0.541. The summed E-state index contributed by atoms with van der Waals surface area (Å²) in [5.41, 5.74) is 0.991. The molecular formula is C16H20ClNO. The summed E-state index contributed by atoms with van der Waals surface area (Å²) in [5, 5.41) is 3.73. The highest BCUT2D eigenvalue weighted by atomic mass is 35.5. The van der Waals surface area contributed by atoms with E-state index >= 15 is 0 Å². The van der Waals surface area contributed by atoms with Crippen LogP contribution in [0.5, 0.6) is 0 Å². The highest BCUT2D eigenvalue weighted by Gasteiger charge is 2.39. The zero-order chi connectivity index (χ0) is 13.2. The van der Waals surface area contributed by atoms with Gasteiger partial charge in [0.15, 0.2) is 0 Å². The fraction of sp³-hybridized carbons (Fsp3) is 0.562. The maximum atomic E-state index is 12.0. The van der Waals surface area contributed by atoms with Gasteiger partial charge >= 0.3 is 0 Å². The topological polar surface area (TPSA) is 29.1 Å². The smallest absolute Gasteiger partial charge is 0.220 e. The minimum Gasteiger partial charge on any atom is -0.352 e. The van der Waals surface area contributed by atoms with E-state index in [9.17, 15) is 4.79 Å². The molecule has 0 spiro atoms. The molecule has 0 aromatic heterocycles. The van der Waals surface area contributed by atoms with E-state index in [0.29, 0.717) is 18.9 Å². The molecule has 2 aliphatic rings. The van der Waals surface area contributed by atoms with Crippen LogP contribution in [0.15, 0.2) is 24.3 Å². The van der Waals surface area contributed by atoms with Crippen molar-refractivity contribution in [2.75, 3.05) is 0 Å². The molecule has 1 amide bonds. The van der Waals surface area contributed by atoms with Gasteiger partial charge in [0, 0.05) is 18.0 Å². The quantitative estimate of drug-likeness (QED) is 0.891. The molecule has 1 N–H and O–H groups in total. The van der Waals surface area contributed by atoms with Crippen molar-refractivity contribution in [2.24, 2.45) is 17.8 Å². The highest BCUT2D eigenvalue weighted by Crippen LogP contribution is 2.49. The van der Waals surface area contributed by atoms with E-state index in [4.69, 9.17) is 11.6 Å². The molecule has 1 aromatic rings. The molecule has 3 rings (SSSR count). The number of hydrogen-bond donors (Lipinski definition) is 1. The minimum atomic E-state index is 0.178. The lowest BCUT2D eigenvalue weighted by molar-refractivity contribution is -0.122. The van der Waals surface area contributed by atoms with Crippen molar-refractivity contribution in [3.05, 3.63) is 34.9 Å². The molecule has 3 heteroatoms. The number of amides is 1. The van der Waals surface area contributed by atoms with E-state index in [1.807, 2.05) is 24.3 Å². The largest absolute Gasteiger partial charge is 0.352 e. The van der Waals surface area contributed by atoms with Crippen LogP contribution < -0.4 is 5.32 Å². The monoisotopic (exact) mass is 277 g/mol. The third-order valence-electron chi connectivity index (χ3n) is 4.77. The van der Waals surface area contributed by atoms with Crippen molar-refractivity contribution in [1.29, 1.82) is 0 Å². The molecule has 102 valence electrons. The number of benzene rings is 1. The first kappa shape index (κ1) is 13.0. The summed E-state index contributed by atoms with van der Waals surface area (Å²) in [5.74, 6) is 2.53. The first-order chi connectivity index (χ1) is 9.22. The van der Waals surface area contributed by atoms with Gasteiger partial charge in [-0.3, -0.25) is 4.79 Å². The van der Waals surface area contributed by atoms with Crippen LogP contribution in [0.4, 0.5) is 0 Å². The van der Waals surface area contributed by atoms with Crippen LogP contribution in [0.3, 0.4) is 0 Å². The molecular weight excluding hydrogens is 258 g/mol. The third-order valence-corrected chi connectivity index (χ3v) is 5.13. The molecule has 0 unspecified atom stereocenters. The minimum absolute atomic E-state index is 0.178. The van der Waals surface area contributed by atoms with Crippen LogP contribution in [0, 0.1) is 17.8 Å². The predicted octanol–water partition coefficient (Wildman–Crippen LogP) is 3.78. The van der Waals surface area contributed by atoms with Gasteiger partial charge in [-0.2, -0.15) is 0 Å². The fourth-order valence-electron chi connectivity index (χ4n) is 3.77. The Morgan fingerprint density at radius 1 is 1.26 bits per heavy atom. The van der Waals surface area contributed by atoms with Gasteiger partial charge in [-0.25, -0.2) is 0 Å². The van der Waals surface area contributed by atoms with E-state index in [1.54, 1.807) is 0 Å². The van der Waals surface area contributed by atoms with E-state index in [2.05, 4.69) is 5.32 Å². The molecule has 2 nitrogen and oxygen atoms in total. The van der Waals surface area contributed by atoms with Crippen molar-refractivity contribution in [2.45, 2.75) is 38.6 Å². The zero-order valence-corrected chi connectivity index (χ0v) is 11.8. The average molecular weight is 278 g/mol. The normalized spacial score (nSPS) is 28.6. The number of halogens is 1. The Kier molecular flexibility index (Phi) is 3.79. The maximum absolute atomic E-state index is 12.0. The summed E-state index contributed by atoms with van der Waals surface area (Å²) < 4.78 is 0. The molecule has 2 aliphatic carbocycles. The van der Waals surface area contributed by atoms with Crippen molar-refractivity contribution in [3.8, 4) is 0 Å². The first-order valence-electron chi connectivity index (χ1n) is 7.22. The van der Waals surface area contributed by atoms with Crippen LogP contribution in [0.2, 0.25) is 5.02 Å². The van der Waals surface area contributed by atoms with Gasteiger partial charge in [0.1, 0.15) is 0 Å². The van der Waals surface area contributed by atoms with Gasteiger partial charge in [0.05, 0.1) is 0 Å². The lowest BCUT2D eigenvalue weighted by Gasteiger charge is -2.20. The SMILES string of the molecule is O=C(C[C@H]1C[C@@H]2CC[C@@H]1C2)NCc1ccccc1Cl. The Labute approximate surface area is 119 Å². The molecule has 2 fully saturated rings. The molecule has 3 atom stereocenters. The number of rotatable bonds is 4. The zero-order valence-electron chi connectivity index (χ0n) is 11.1. The van der Waals surface area contributed by atoms with Gasteiger partial charge < -0.3 is 5.32 Å². The average Bonchev–Trinajstić information content (AvgIpc) is 3.00. The van der Waals surface area contributed by atoms with Crippen molar-refractivity contribution in [1.82, 2.24) is 5.32 Å². The molecule has 0 heterocycles. The first-order valence-corrected chi connectivity index (χ1v) is 7.60. The summed E-state index contributed by atoms with van der Waals surface area (Å²) in [6, 6.07) is 7.67. The van der Waals surface area contributed by atoms with Gasteiger partial charge in [0.25, 0.3) is 0 Å². The lowest BCUT2D eigenvalue weighted by Crippen LogP contribution is -2.27.